The number of rotatable bonds is 6. The average Bonchev–Trinajstić information content (AvgIpc) is 3.23. The van der Waals surface area contributed by atoms with Gasteiger partial charge in [-0.25, -0.2) is 8.42 Å². The van der Waals surface area contributed by atoms with Crippen molar-refractivity contribution in [3.63, 3.8) is 0 Å². The smallest absolute Gasteiger partial charge is 0.243 e. The quantitative estimate of drug-likeness (QED) is 0.656. The lowest BCUT2D eigenvalue weighted by molar-refractivity contribution is 0.359. The SMILES string of the molecule is Cc1ccc(S(=O)(=O)N(Cc2ccsc2)Cc2ccco2)cc1C. The summed E-state index contributed by atoms with van der Waals surface area (Å²) in [5, 5.41) is 3.91. The lowest BCUT2D eigenvalue weighted by Gasteiger charge is -2.21. The minimum Gasteiger partial charge on any atom is -0.468 e. The van der Waals surface area contributed by atoms with Crippen LogP contribution in [0.3, 0.4) is 0 Å². The van der Waals surface area contributed by atoms with E-state index in [9.17, 15) is 8.42 Å². The van der Waals surface area contributed by atoms with Crippen molar-refractivity contribution < 1.29 is 12.8 Å². The Kier molecular flexibility index (Phi) is 4.89. The maximum absolute atomic E-state index is 13.1. The van der Waals surface area contributed by atoms with E-state index in [1.807, 2.05) is 36.7 Å². The summed E-state index contributed by atoms with van der Waals surface area (Å²) >= 11 is 1.56. The molecule has 0 aliphatic rings. The van der Waals surface area contributed by atoms with E-state index in [2.05, 4.69) is 0 Å². The van der Waals surface area contributed by atoms with Gasteiger partial charge in [-0.3, -0.25) is 0 Å². The number of hydrogen-bond acceptors (Lipinski definition) is 4. The van der Waals surface area contributed by atoms with Gasteiger partial charge in [-0.05, 0) is 71.6 Å². The molecule has 0 spiro atoms. The van der Waals surface area contributed by atoms with Gasteiger partial charge in [0, 0.05) is 6.54 Å². The molecule has 1 aromatic carbocycles. The first kappa shape index (κ1) is 17.0. The summed E-state index contributed by atoms with van der Waals surface area (Å²) in [7, 11) is -3.61. The van der Waals surface area contributed by atoms with Crippen molar-refractivity contribution in [1.29, 1.82) is 0 Å². The molecule has 0 saturated carbocycles. The molecule has 0 atom stereocenters. The van der Waals surface area contributed by atoms with Crippen LogP contribution in [0.25, 0.3) is 0 Å². The number of hydrogen-bond donors (Lipinski definition) is 0. The predicted octanol–water partition coefficient (Wildman–Crippen LogP) is 4.35. The third-order valence-electron chi connectivity index (χ3n) is 3.97. The fraction of sp³-hybridized carbons (Fsp3) is 0.222. The molecule has 0 bridgehead atoms. The van der Waals surface area contributed by atoms with Gasteiger partial charge in [-0.1, -0.05) is 6.07 Å². The molecular formula is C18H19NO3S2. The zero-order chi connectivity index (χ0) is 17.2. The van der Waals surface area contributed by atoms with E-state index >= 15 is 0 Å². The van der Waals surface area contributed by atoms with Gasteiger partial charge in [-0.2, -0.15) is 15.6 Å². The van der Waals surface area contributed by atoms with E-state index in [0.717, 1.165) is 16.7 Å². The molecule has 6 heteroatoms. The highest BCUT2D eigenvalue weighted by Crippen LogP contribution is 2.24. The second kappa shape index (κ2) is 6.93. The molecule has 0 radical (unpaired) electrons. The second-order valence-electron chi connectivity index (χ2n) is 5.73. The Hall–Kier alpha value is -1.89. The molecule has 0 aliphatic carbocycles. The maximum Gasteiger partial charge on any atom is 0.243 e. The van der Waals surface area contributed by atoms with E-state index in [1.54, 1.807) is 41.9 Å². The van der Waals surface area contributed by atoms with Crippen molar-refractivity contribution in [2.24, 2.45) is 0 Å². The Morgan fingerprint density at radius 2 is 1.92 bits per heavy atom. The van der Waals surface area contributed by atoms with E-state index in [4.69, 9.17) is 4.42 Å². The largest absolute Gasteiger partial charge is 0.468 e. The first-order valence-corrected chi connectivity index (χ1v) is 9.96. The number of nitrogens with zero attached hydrogens (tertiary/aromatic N) is 1. The number of benzene rings is 1. The third kappa shape index (κ3) is 3.61. The molecule has 3 aromatic rings. The van der Waals surface area contributed by atoms with Gasteiger partial charge in [-0.15, -0.1) is 0 Å². The standard InChI is InChI=1S/C18H19NO3S2/c1-14-5-6-18(10-15(14)2)24(20,21)19(11-16-7-9-23-13-16)12-17-4-3-8-22-17/h3-10,13H,11-12H2,1-2H3. The first-order valence-electron chi connectivity index (χ1n) is 7.57. The first-order chi connectivity index (χ1) is 11.5. The maximum atomic E-state index is 13.1. The van der Waals surface area contributed by atoms with Gasteiger partial charge in [0.2, 0.25) is 10.0 Å². The molecule has 24 heavy (non-hydrogen) atoms. The van der Waals surface area contributed by atoms with Crippen LogP contribution in [0, 0.1) is 13.8 Å². The number of furan rings is 1. The van der Waals surface area contributed by atoms with Gasteiger partial charge < -0.3 is 4.42 Å². The fourth-order valence-electron chi connectivity index (χ4n) is 2.41. The van der Waals surface area contributed by atoms with Crippen molar-refractivity contribution in [2.75, 3.05) is 0 Å². The Labute approximate surface area is 146 Å². The second-order valence-corrected chi connectivity index (χ2v) is 8.45. The molecule has 0 amide bonds. The van der Waals surface area contributed by atoms with Crippen LogP contribution in [0.2, 0.25) is 0 Å². The molecule has 126 valence electrons. The van der Waals surface area contributed by atoms with Crippen molar-refractivity contribution in [3.8, 4) is 0 Å². The lowest BCUT2D eigenvalue weighted by Crippen LogP contribution is -2.30. The summed E-state index contributed by atoms with van der Waals surface area (Å²) in [4.78, 5) is 0.312. The predicted molar refractivity (Wildman–Crippen MR) is 95.4 cm³/mol. The molecule has 2 heterocycles. The number of aryl methyl sites for hydroxylation is 2. The highest BCUT2D eigenvalue weighted by Gasteiger charge is 2.26. The van der Waals surface area contributed by atoms with Crippen molar-refractivity contribution in [3.05, 3.63) is 75.9 Å². The van der Waals surface area contributed by atoms with Gasteiger partial charge >= 0.3 is 0 Å². The van der Waals surface area contributed by atoms with E-state index < -0.39 is 10.0 Å². The van der Waals surface area contributed by atoms with Crippen LogP contribution < -0.4 is 0 Å². The van der Waals surface area contributed by atoms with E-state index in [-0.39, 0.29) is 6.54 Å². The van der Waals surface area contributed by atoms with Crippen LogP contribution in [-0.2, 0) is 23.1 Å². The van der Waals surface area contributed by atoms with Gasteiger partial charge in [0.25, 0.3) is 0 Å². The summed E-state index contributed by atoms with van der Waals surface area (Å²) in [5.74, 6) is 0.623. The van der Waals surface area contributed by atoms with Gasteiger partial charge in [0.15, 0.2) is 0 Å². The van der Waals surface area contributed by atoms with Gasteiger partial charge in [0.1, 0.15) is 5.76 Å². The number of thiophene rings is 1. The van der Waals surface area contributed by atoms with E-state index in [1.165, 1.54) is 4.31 Å². The Morgan fingerprint density at radius 1 is 1.08 bits per heavy atom. The Bertz CT molecular complexity index is 862. The average molecular weight is 361 g/mol. The van der Waals surface area contributed by atoms with Crippen LogP contribution >= 0.6 is 11.3 Å². The zero-order valence-electron chi connectivity index (χ0n) is 13.6. The monoisotopic (exact) mass is 361 g/mol. The topological polar surface area (TPSA) is 50.5 Å². The van der Waals surface area contributed by atoms with Crippen LogP contribution in [0.5, 0.6) is 0 Å². The number of sulfonamides is 1. The van der Waals surface area contributed by atoms with Crippen LogP contribution in [0.15, 0.2) is 62.7 Å². The summed E-state index contributed by atoms with van der Waals surface area (Å²) in [6, 6.07) is 10.7. The molecule has 0 unspecified atom stereocenters. The van der Waals surface area contributed by atoms with Gasteiger partial charge in [0.05, 0.1) is 17.7 Å². The van der Waals surface area contributed by atoms with Crippen molar-refractivity contribution in [2.45, 2.75) is 31.8 Å². The summed E-state index contributed by atoms with van der Waals surface area (Å²) in [6.07, 6.45) is 1.56. The van der Waals surface area contributed by atoms with Crippen LogP contribution in [0.1, 0.15) is 22.5 Å². The highest BCUT2D eigenvalue weighted by atomic mass is 32.2. The molecular weight excluding hydrogens is 342 g/mol. The molecule has 0 N–H and O–H groups in total. The van der Waals surface area contributed by atoms with Crippen LogP contribution in [-0.4, -0.2) is 12.7 Å². The summed E-state index contributed by atoms with van der Waals surface area (Å²) in [5.41, 5.74) is 3.01. The molecule has 3 rings (SSSR count). The Morgan fingerprint density at radius 3 is 2.54 bits per heavy atom. The lowest BCUT2D eigenvalue weighted by atomic mass is 10.1. The van der Waals surface area contributed by atoms with Crippen molar-refractivity contribution >= 4 is 21.4 Å². The van der Waals surface area contributed by atoms with Crippen LogP contribution in [0.4, 0.5) is 0 Å². The normalized spacial score (nSPS) is 12.0. The van der Waals surface area contributed by atoms with Crippen molar-refractivity contribution in [1.82, 2.24) is 4.31 Å². The fourth-order valence-corrected chi connectivity index (χ4v) is 4.55. The molecule has 2 aromatic heterocycles. The molecule has 0 saturated heterocycles. The summed E-state index contributed by atoms with van der Waals surface area (Å²) in [6.45, 7) is 4.42. The third-order valence-corrected chi connectivity index (χ3v) is 6.49. The van der Waals surface area contributed by atoms with E-state index in [0.29, 0.717) is 17.2 Å². The minimum atomic E-state index is -3.61. The molecule has 0 fully saturated rings. The molecule has 4 nitrogen and oxygen atoms in total. The minimum absolute atomic E-state index is 0.206. The summed E-state index contributed by atoms with van der Waals surface area (Å²) < 4.78 is 33.1. The molecule has 0 aliphatic heterocycles. The Balaban J connectivity index is 1.97. The zero-order valence-corrected chi connectivity index (χ0v) is 15.2. The highest BCUT2D eigenvalue weighted by molar-refractivity contribution is 7.89.